The van der Waals surface area contributed by atoms with Gasteiger partial charge in [-0.2, -0.15) is 5.26 Å². The van der Waals surface area contributed by atoms with Crippen LogP contribution in [0, 0.1) is 11.3 Å². The fourth-order valence-electron chi connectivity index (χ4n) is 4.80. The maximum Gasteiger partial charge on any atom is 0.222 e. The highest BCUT2D eigenvalue weighted by molar-refractivity contribution is 5.77. The van der Waals surface area contributed by atoms with Gasteiger partial charge in [-0.15, -0.1) is 0 Å². The lowest BCUT2D eigenvalue weighted by Gasteiger charge is -2.42. The number of hydrogen-bond acceptors (Lipinski definition) is 6. The van der Waals surface area contributed by atoms with Crippen LogP contribution in [0.25, 0.3) is 0 Å². The van der Waals surface area contributed by atoms with Crippen LogP contribution in [0.2, 0.25) is 0 Å². The van der Waals surface area contributed by atoms with Gasteiger partial charge in [-0.1, -0.05) is 12.1 Å². The highest BCUT2D eigenvalue weighted by Crippen LogP contribution is 2.34. The molecule has 7 nitrogen and oxygen atoms in total. The third kappa shape index (κ3) is 4.49. The molecule has 2 aliphatic rings. The van der Waals surface area contributed by atoms with Gasteiger partial charge < -0.3 is 19.6 Å². The van der Waals surface area contributed by atoms with Gasteiger partial charge in [0.1, 0.15) is 17.6 Å². The summed E-state index contributed by atoms with van der Waals surface area (Å²) in [5.74, 6) is 1.70. The molecule has 1 N–H and O–H groups in total. The van der Waals surface area contributed by atoms with Gasteiger partial charge in [-0.25, -0.2) is 4.98 Å². The summed E-state index contributed by atoms with van der Waals surface area (Å²) >= 11 is 0. The van der Waals surface area contributed by atoms with Crippen molar-refractivity contribution in [3.05, 3.63) is 53.7 Å². The number of anilines is 1. The van der Waals surface area contributed by atoms with Crippen molar-refractivity contribution in [3.63, 3.8) is 0 Å². The van der Waals surface area contributed by atoms with Gasteiger partial charge in [-0.05, 0) is 49.1 Å². The number of fused-ring (bicyclic) bond motifs is 2. The van der Waals surface area contributed by atoms with Crippen LogP contribution in [-0.4, -0.2) is 59.8 Å². The number of aliphatic hydroxyl groups excluding tert-OH is 1. The lowest BCUT2D eigenvalue weighted by atomic mass is 9.94. The zero-order chi connectivity index (χ0) is 21.8. The Hall–Kier alpha value is -3.11. The van der Waals surface area contributed by atoms with Crippen LogP contribution in [0.3, 0.4) is 0 Å². The molecule has 4 rings (SSSR count). The van der Waals surface area contributed by atoms with E-state index in [1.807, 2.05) is 35.2 Å². The molecule has 2 bridgehead atoms. The zero-order valence-electron chi connectivity index (χ0n) is 17.8. The second-order valence-corrected chi connectivity index (χ2v) is 8.30. The van der Waals surface area contributed by atoms with Gasteiger partial charge in [0.25, 0.3) is 0 Å². The van der Waals surface area contributed by atoms with Crippen LogP contribution < -0.4 is 9.64 Å². The van der Waals surface area contributed by atoms with Crippen molar-refractivity contribution in [2.45, 2.75) is 43.7 Å². The molecule has 31 heavy (non-hydrogen) atoms. The fraction of sp³-hybridized carbons (Fsp3) is 0.458. The Morgan fingerprint density at radius 1 is 1.29 bits per heavy atom. The van der Waals surface area contributed by atoms with Crippen molar-refractivity contribution >= 4 is 11.7 Å². The summed E-state index contributed by atoms with van der Waals surface area (Å²) in [7, 11) is 1.62. The molecule has 1 aromatic heterocycles. The second kappa shape index (κ2) is 9.36. The Morgan fingerprint density at radius 2 is 2.06 bits per heavy atom. The predicted octanol–water partition coefficient (Wildman–Crippen LogP) is 2.70. The number of carbonyl (C=O) groups is 1. The zero-order valence-corrected chi connectivity index (χ0v) is 17.8. The number of carbonyl (C=O) groups excluding carboxylic acids is 1. The van der Waals surface area contributed by atoms with Gasteiger partial charge in [0.2, 0.25) is 5.91 Å². The average molecular weight is 421 g/mol. The molecule has 2 saturated heterocycles. The minimum absolute atomic E-state index is 0.00381. The number of nitriles is 1. The van der Waals surface area contributed by atoms with E-state index in [-0.39, 0.29) is 30.5 Å². The van der Waals surface area contributed by atoms with Crippen LogP contribution in [0.1, 0.15) is 42.7 Å². The molecule has 1 amide bonds. The summed E-state index contributed by atoms with van der Waals surface area (Å²) in [5, 5.41) is 18.8. The maximum atomic E-state index is 13.0. The molecule has 3 heterocycles. The third-order valence-electron chi connectivity index (χ3n) is 6.47. The number of ether oxygens (including phenoxy) is 1. The summed E-state index contributed by atoms with van der Waals surface area (Å²) in [6, 6.07) is 14.0. The number of likely N-dealkylation sites (tertiary alicyclic amines) is 1. The van der Waals surface area contributed by atoms with E-state index in [1.165, 1.54) is 0 Å². The third-order valence-corrected chi connectivity index (χ3v) is 6.47. The minimum atomic E-state index is -0.0834. The van der Waals surface area contributed by atoms with Gasteiger partial charge in [0, 0.05) is 50.3 Å². The van der Waals surface area contributed by atoms with E-state index < -0.39 is 0 Å². The molecule has 0 saturated carbocycles. The Kier molecular flexibility index (Phi) is 6.38. The Bertz CT molecular complexity index is 942. The summed E-state index contributed by atoms with van der Waals surface area (Å²) in [5.41, 5.74) is 1.55. The first-order chi connectivity index (χ1) is 15.1. The van der Waals surface area contributed by atoms with Crippen LogP contribution in [0.15, 0.2) is 42.6 Å². The molecule has 2 aliphatic heterocycles. The molecular formula is C24H28N4O3. The number of benzene rings is 1. The summed E-state index contributed by atoms with van der Waals surface area (Å²) < 4.78 is 5.28. The van der Waals surface area contributed by atoms with Crippen molar-refractivity contribution in [1.82, 2.24) is 9.88 Å². The molecule has 0 radical (unpaired) electrons. The van der Waals surface area contributed by atoms with E-state index in [0.717, 1.165) is 30.0 Å². The topological polar surface area (TPSA) is 89.7 Å². The highest BCUT2D eigenvalue weighted by atomic mass is 16.5. The van der Waals surface area contributed by atoms with E-state index in [1.54, 1.807) is 19.4 Å². The minimum Gasteiger partial charge on any atom is -0.497 e. The van der Waals surface area contributed by atoms with Crippen molar-refractivity contribution < 1.29 is 14.6 Å². The molecule has 162 valence electrons. The quantitative estimate of drug-likeness (QED) is 0.741. The summed E-state index contributed by atoms with van der Waals surface area (Å²) in [6.45, 7) is 1.39. The van der Waals surface area contributed by atoms with Gasteiger partial charge >= 0.3 is 0 Å². The van der Waals surface area contributed by atoms with E-state index in [9.17, 15) is 9.90 Å². The molecule has 2 aromatic rings. The second-order valence-electron chi connectivity index (χ2n) is 8.30. The van der Waals surface area contributed by atoms with Crippen molar-refractivity contribution in [1.29, 1.82) is 5.26 Å². The first kappa shape index (κ1) is 21.1. The smallest absolute Gasteiger partial charge is 0.222 e. The normalized spacial score (nSPS) is 20.9. The first-order valence-electron chi connectivity index (χ1n) is 10.8. The number of aromatic nitrogens is 1. The van der Waals surface area contributed by atoms with Crippen LogP contribution >= 0.6 is 0 Å². The van der Waals surface area contributed by atoms with Gasteiger partial charge in [0.05, 0.1) is 12.7 Å². The van der Waals surface area contributed by atoms with Crippen molar-refractivity contribution in [3.8, 4) is 11.8 Å². The number of amides is 1. The number of hydrogen-bond donors (Lipinski definition) is 1. The number of aliphatic hydroxyl groups is 1. The molecule has 2 fully saturated rings. The van der Waals surface area contributed by atoms with Gasteiger partial charge in [0.15, 0.2) is 0 Å². The average Bonchev–Trinajstić information content (AvgIpc) is 3.08. The SMILES string of the molecule is COc1cccc(C(CO)CCC(=O)N2CC3CCC(C2)N3c2ccc(C#N)cn2)c1. The number of methoxy groups -OCH3 is 1. The predicted molar refractivity (Wildman–Crippen MR) is 117 cm³/mol. The molecule has 7 heteroatoms. The Balaban J connectivity index is 1.36. The number of pyridine rings is 1. The number of rotatable bonds is 7. The number of piperazine rings is 1. The summed E-state index contributed by atoms with van der Waals surface area (Å²) in [4.78, 5) is 21.7. The van der Waals surface area contributed by atoms with Crippen molar-refractivity contribution in [2.24, 2.45) is 0 Å². The molecule has 3 unspecified atom stereocenters. The van der Waals surface area contributed by atoms with E-state index in [0.29, 0.717) is 31.5 Å². The van der Waals surface area contributed by atoms with E-state index >= 15 is 0 Å². The summed E-state index contributed by atoms with van der Waals surface area (Å²) in [6.07, 6.45) is 4.71. The van der Waals surface area contributed by atoms with E-state index in [2.05, 4.69) is 16.0 Å². The van der Waals surface area contributed by atoms with Crippen molar-refractivity contribution in [2.75, 3.05) is 31.7 Å². The monoisotopic (exact) mass is 420 g/mol. The van der Waals surface area contributed by atoms with Gasteiger partial charge in [-0.3, -0.25) is 4.79 Å². The van der Waals surface area contributed by atoms with Crippen LogP contribution in [0.4, 0.5) is 5.82 Å². The van der Waals surface area contributed by atoms with Crippen LogP contribution in [-0.2, 0) is 4.79 Å². The first-order valence-corrected chi connectivity index (χ1v) is 10.8. The maximum absolute atomic E-state index is 13.0. The highest BCUT2D eigenvalue weighted by Gasteiger charge is 2.41. The van der Waals surface area contributed by atoms with Crippen LogP contribution in [0.5, 0.6) is 5.75 Å². The molecule has 3 atom stereocenters. The lowest BCUT2D eigenvalue weighted by molar-refractivity contribution is -0.132. The molecule has 1 aromatic carbocycles. The largest absolute Gasteiger partial charge is 0.497 e. The molecule has 0 aliphatic carbocycles. The van der Waals surface area contributed by atoms with E-state index in [4.69, 9.17) is 10.00 Å². The Labute approximate surface area is 182 Å². The molecule has 0 spiro atoms. The molecular weight excluding hydrogens is 392 g/mol. The lowest BCUT2D eigenvalue weighted by Crippen LogP contribution is -2.55. The Morgan fingerprint density at radius 3 is 2.68 bits per heavy atom. The number of nitrogens with zero attached hydrogens (tertiary/aromatic N) is 4. The fourth-order valence-corrected chi connectivity index (χ4v) is 4.80. The standard InChI is InChI=1S/C24H28N4O3/c1-31-22-4-2-3-18(11-22)19(16-29)6-10-24(30)27-14-20-7-8-21(15-27)28(20)23-9-5-17(12-25)13-26-23/h2-5,9,11,13,19-21,29H,6-8,10,14-16H2,1H3.